The van der Waals surface area contributed by atoms with Crippen LogP contribution in [0.15, 0.2) is 18.2 Å². The number of nitrogens with zero attached hydrogens (tertiary/aromatic N) is 1. The Morgan fingerprint density at radius 2 is 1.74 bits per heavy atom. The molecule has 0 bridgehead atoms. The van der Waals surface area contributed by atoms with E-state index in [1.165, 1.54) is 0 Å². The SMILES string of the molecule is COc1ccc(N(C)C2CCC(=O)CC2)cc1OC. The monoisotopic (exact) mass is 263 g/mol. The molecular weight excluding hydrogens is 242 g/mol. The number of methoxy groups -OCH3 is 2. The molecule has 4 heteroatoms. The number of ether oxygens (including phenoxy) is 2. The largest absolute Gasteiger partial charge is 0.493 e. The van der Waals surface area contributed by atoms with Crippen molar-refractivity contribution in [2.45, 2.75) is 31.7 Å². The third-order valence-corrected chi connectivity index (χ3v) is 3.83. The van der Waals surface area contributed by atoms with Crippen molar-refractivity contribution in [3.05, 3.63) is 18.2 Å². The van der Waals surface area contributed by atoms with Crippen LogP contribution in [-0.2, 0) is 4.79 Å². The highest BCUT2D eigenvalue weighted by atomic mass is 16.5. The van der Waals surface area contributed by atoms with Crippen LogP contribution < -0.4 is 14.4 Å². The Labute approximate surface area is 114 Å². The average Bonchev–Trinajstić information content (AvgIpc) is 2.46. The van der Waals surface area contributed by atoms with E-state index in [1.807, 2.05) is 18.2 Å². The van der Waals surface area contributed by atoms with Crippen LogP contribution in [0.4, 0.5) is 5.69 Å². The molecule has 0 radical (unpaired) electrons. The summed E-state index contributed by atoms with van der Waals surface area (Å²) in [5, 5.41) is 0. The second kappa shape index (κ2) is 5.95. The zero-order valence-corrected chi connectivity index (χ0v) is 11.8. The van der Waals surface area contributed by atoms with Crippen molar-refractivity contribution in [2.24, 2.45) is 0 Å². The molecule has 0 amide bonds. The maximum Gasteiger partial charge on any atom is 0.162 e. The molecule has 1 aromatic carbocycles. The summed E-state index contributed by atoms with van der Waals surface area (Å²) >= 11 is 0. The molecule has 0 unspecified atom stereocenters. The summed E-state index contributed by atoms with van der Waals surface area (Å²) in [4.78, 5) is 13.5. The first-order valence-electron chi connectivity index (χ1n) is 6.62. The second-order valence-electron chi connectivity index (χ2n) is 4.92. The zero-order valence-electron chi connectivity index (χ0n) is 11.8. The molecule has 1 aromatic rings. The van der Waals surface area contributed by atoms with Crippen molar-refractivity contribution in [3.8, 4) is 11.5 Å². The van der Waals surface area contributed by atoms with Crippen molar-refractivity contribution in [1.82, 2.24) is 0 Å². The molecule has 0 N–H and O–H groups in total. The summed E-state index contributed by atoms with van der Waals surface area (Å²) in [6.07, 6.45) is 3.26. The van der Waals surface area contributed by atoms with Crippen LogP contribution in [0.5, 0.6) is 11.5 Å². The van der Waals surface area contributed by atoms with Gasteiger partial charge in [0.05, 0.1) is 14.2 Å². The lowest BCUT2D eigenvalue weighted by Gasteiger charge is -2.32. The fourth-order valence-corrected chi connectivity index (χ4v) is 2.57. The maximum absolute atomic E-state index is 11.3. The highest BCUT2D eigenvalue weighted by molar-refractivity contribution is 5.79. The van der Waals surface area contributed by atoms with E-state index in [0.717, 1.165) is 30.0 Å². The van der Waals surface area contributed by atoms with Crippen LogP contribution in [0.1, 0.15) is 25.7 Å². The fraction of sp³-hybridized carbons (Fsp3) is 0.533. The molecule has 4 nitrogen and oxygen atoms in total. The first kappa shape index (κ1) is 13.7. The van der Waals surface area contributed by atoms with E-state index in [4.69, 9.17) is 9.47 Å². The molecule has 0 aliphatic heterocycles. The van der Waals surface area contributed by atoms with Gasteiger partial charge in [0.25, 0.3) is 0 Å². The average molecular weight is 263 g/mol. The fourth-order valence-electron chi connectivity index (χ4n) is 2.57. The Hall–Kier alpha value is -1.71. The van der Waals surface area contributed by atoms with Gasteiger partial charge in [0, 0.05) is 37.7 Å². The standard InChI is InChI=1S/C15H21NO3/c1-16(11-4-7-13(17)8-5-11)12-6-9-14(18-2)15(10-12)19-3/h6,9-11H,4-5,7-8H2,1-3H3. The number of benzene rings is 1. The maximum atomic E-state index is 11.3. The first-order valence-corrected chi connectivity index (χ1v) is 6.62. The van der Waals surface area contributed by atoms with E-state index in [9.17, 15) is 4.79 Å². The summed E-state index contributed by atoms with van der Waals surface area (Å²) in [5.74, 6) is 1.86. The van der Waals surface area contributed by atoms with Gasteiger partial charge in [-0.05, 0) is 25.0 Å². The van der Waals surface area contributed by atoms with E-state index in [0.29, 0.717) is 24.7 Å². The molecule has 2 rings (SSSR count). The third kappa shape index (κ3) is 3.00. The van der Waals surface area contributed by atoms with Crippen molar-refractivity contribution >= 4 is 11.5 Å². The van der Waals surface area contributed by atoms with E-state index in [2.05, 4.69) is 11.9 Å². The zero-order chi connectivity index (χ0) is 13.8. The summed E-state index contributed by atoms with van der Waals surface area (Å²) < 4.78 is 10.6. The number of Topliss-reactive ketones (excluding diaryl/α,β-unsaturated/α-hetero) is 1. The molecule has 0 saturated heterocycles. The number of carbonyl (C=O) groups is 1. The predicted molar refractivity (Wildman–Crippen MR) is 75.2 cm³/mol. The van der Waals surface area contributed by atoms with Gasteiger partial charge in [0.2, 0.25) is 0 Å². The van der Waals surface area contributed by atoms with Gasteiger partial charge in [-0.3, -0.25) is 4.79 Å². The van der Waals surface area contributed by atoms with E-state index >= 15 is 0 Å². The number of ketones is 1. The van der Waals surface area contributed by atoms with E-state index < -0.39 is 0 Å². The molecular formula is C15H21NO3. The van der Waals surface area contributed by atoms with Gasteiger partial charge in [-0.25, -0.2) is 0 Å². The lowest BCUT2D eigenvalue weighted by molar-refractivity contribution is -0.120. The van der Waals surface area contributed by atoms with Gasteiger partial charge in [-0.2, -0.15) is 0 Å². The van der Waals surface area contributed by atoms with E-state index in [-0.39, 0.29) is 0 Å². The number of rotatable bonds is 4. The molecule has 0 spiro atoms. The molecule has 19 heavy (non-hydrogen) atoms. The normalized spacial score (nSPS) is 16.3. The quantitative estimate of drug-likeness (QED) is 0.837. The Morgan fingerprint density at radius 3 is 2.32 bits per heavy atom. The molecule has 0 heterocycles. The van der Waals surface area contributed by atoms with Crippen molar-refractivity contribution in [2.75, 3.05) is 26.2 Å². The Kier molecular flexibility index (Phi) is 4.30. The van der Waals surface area contributed by atoms with Crippen molar-refractivity contribution < 1.29 is 14.3 Å². The van der Waals surface area contributed by atoms with Gasteiger partial charge in [0.1, 0.15) is 5.78 Å². The Balaban J connectivity index is 2.14. The Morgan fingerprint density at radius 1 is 1.11 bits per heavy atom. The van der Waals surface area contributed by atoms with Crippen LogP contribution in [0.2, 0.25) is 0 Å². The summed E-state index contributed by atoms with van der Waals surface area (Å²) in [7, 11) is 5.34. The third-order valence-electron chi connectivity index (χ3n) is 3.83. The lowest BCUT2D eigenvalue weighted by atomic mass is 9.93. The number of carbonyl (C=O) groups excluding carboxylic acids is 1. The van der Waals surface area contributed by atoms with Crippen molar-refractivity contribution in [3.63, 3.8) is 0 Å². The summed E-state index contributed by atoms with van der Waals surface area (Å²) in [6, 6.07) is 6.35. The summed E-state index contributed by atoms with van der Waals surface area (Å²) in [6.45, 7) is 0. The number of hydrogen-bond acceptors (Lipinski definition) is 4. The lowest BCUT2D eigenvalue weighted by Crippen LogP contribution is -2.35. The van der Waals surface area contributed by atoms with Gasteiger partial charge < -0.3 is 14.4 Å². The Bertz CT molecular complexity index is 449. The minimum Gasteiger partial charge on any atom is -0.493 e. The van der Waals surface area contributed by atoms with Crippen molar-refractivity contribution in [1.29, 1.82) is 0 Å². The predicted octanol–water partition coefficient (Wildman–Crippen LogP) is 2.65. The number of hydrogen-bond donors (Lipinski definition) is 0. The van der Waals surface area contributed by atoms with Gasteiger partial charge in [-0.1, -0.05) is 0 Å². The highest BCUT2D eigenvalue weighted by Gasteiger charge is 2.23. The minimum atomic E-state index is 0.386. The second-order valence-corrected chi connectivity index (χ2v) is 4.92. The minimum absolute atomic E-state index is 0.386. The van der Waals surface area contributed by atoms with E-state index in [1.54, 1.807) is 14.2 Å². The van der Waals surface area contributed by atoms with Gasteiger partial charge in [-0.15, -0.1) is 0 Å². The smallest absolute Gasteiger partial charge is 0.162 e. The van der Waals surface area contributed by atoms with Crippen LogP contribution in [0, 0.1) is 0 Å². The summed E-state index contributed by atoms with van der Waals surface area (Å²) in [5.41, 5.74) is 1.09. The van der Waals surface area contributed by atoms with Crippen LogP contribution in [0.3, 0.4) is 0 Å². The molecule has 1 saturated carbocycles. The van der Waals surface area contributed by atoms with Gasteiger partial charge >= 0.3 is 0 Å². The van der Waals surface area contributed by atoms with Crippen LogP contribution in [-0.4, -0.2) is 33.1 Å². The molecule has 104 valence electrons. The number of anilines is 1. The molecule has 1 aliphatic rings. The van der Waals surface area contributed by atoms with Gasteiger partial charge in [0.15, 0.2) is 11.5 Å². The topological polar surface area (TPSA) is 38.8 Å². The van der Waals surface area contributed by atoms with Crippen LogP contribution >= 0.6 is 0 Å². The molecule has 0 aromatic heterocycles. The van der Waals surface area contributed by atoms with Crippen LogP contribution in [0.25, 0.3) is 0 Å². The molecule has 1 aliphatic carbocycles. The molecule has 1 fully saturated rings. The first-order chi connectivity index (χ1) is 9.15. The molecule has 0 atom stereocenters. The highest BCUT2D eigenvalue weighted by Crippen LogP contribution is 2.33.